The molecule has 1 atom stereocenters. The number of nitrogens with zero attached hydrogens (tertiary/aromatic N) is 4. The number of rotatable bonds is 6. The number of aryl methyl sites for hydroxylation is 1. The number of amides is 2. The number of carbonyl (C=O) groups excluding carboxylic acids is 1. The molecule has 1 saturated carbocycles. The normalized spacial score (nSPS) is 15.4. The minimum Gasteiger partial charge on any atom is -0.361 e. The molecule has 23 heavy (non-hydrogen) atoms. The first-order chi connectivity index (χ1) is 11.1. The predicted octanol–water partition coefficient (Wildman–Crippen LogP) is 2.58. The van der Waals surface area contributed by atoms with Gasteiger partial charge in [-0.1, -0.05) is 12.1 Å². The van der Waals surface area contributed by atoms with Crippen molar-refractivity contribution in [3.8, 4) is 0 Å². The van der Waals surface area contributed by atoms with Gasteiger partial charge < -0.3 is 14.7 Å². The summed E-state index contributed by atoms with van der Waals surface area (Å²) in [5.41, 5.74) is 1.78. The molecule has 124 valence electrons. The fraction of sp³-hybridized carbons (Fsp3) is 0.562. The first-order valence-corrected chi connectivity index (χ1v) is 8.03. The highest BCUT2D eigenvalue weighted by Crippen LogP contribution is 2.40. The van der Waals surface area contributed by atoms with Crippen LogP contribution in [0.25, 0.3) is 0 Å². The summed E-state index contributed by atoms with van der Waals surface area (Å²) in [6.45, 7) is 2.47. The SMILES string of the molecule is CCC(NC(=O)N(C)Cc1cc(C2CC2)on1)c1ccnn1C. The summed E-state index contributed by atoms with van der Waals surface area (Å²) in [6, 6.07) is 3.69. The second-order valence-electron chi connectivity index (χ2n) is 6.14. The lowest BCUT2D eigenvalue weighted by Crippen LogP contribution is -2.39. The highest BCUT2D eigenvalue weighted by Gasteiger charge is 2.28. The molecule has 2 aromatic heterocycles. The van der Waals surface area contributed by atoms with Gasteiger partial charge >= 0.3 is 6.03 Å². The van der Waals surface area contributed by atoms with Crippen molar-refractivity contribution in [2.24, 2.45) is 7.05 Å². The maximum atomic E-state index is 12.4. The fourth-order valence-corrected chi connectivity index (χ4v) is 2.65. The van der Waals surface area contributed by atoms with E-state index in [1.54, 1.807) is 22.8 Å². The second-order valence-corrected chi connectivity index (χ2v) is 6.14. The molecule has 0 saturated heterocycles. The molecule has 2 amide bonds. The lowest BCUT2D eigenvalue weighted by atomic mass is 10.1. The third-order valence-electron chi connectivity index (χ3n) is 4.22. The minimum absolute atomic E-state index is 0.0585. The maximum absolute atomic E-state index is 12.4. The van der Waals surface area contributed by atoms with E-state index < -0.39 is 0 Å². The van der Waals surface area contributed by atoms with E-state index in [4.69, 9.17) is 4.52 Å². The number of carbonyl (C=O) groups is 1. The van der Waals surface area contributed by atoms with Crippen molar-refractivity contribution in [3.63, 3.8) is 0 Å². The molecule has 0 spiro atoms. The molecule has 3 rings (SSSR count). The smallest absolute Gasteiger partial charge is 0.318 e. The lowest BCUT2D eigenvalue weighted by Gasteiger charge is -2.22. The predicted molar refractivity (Wildman–Crippen MR) is 84.7 cm³/mol. The van der Waals surface area contributed by atoms with E-state index in [1.165, 1.54) is 12.8 Å². The molecule has 1 aliphatic carbocycles. The summed E-state index contributed by atoms with van der Waals surface area (Å²) in [5, 5.41) is 11.3. The van der Waals surface area contributed by atoms with E-state index in [0.29, 0.717) is 12.5 Å². The quantitative estimate of drug-likeness (QED) is 0.888. The van der Waals surface area contributed by atoms with E-state index >= 15 is 0 Å². The Balaban J connectivity index is 1.58. The third kappa shape index (κ3) is 3.55. The number of hydrogen-bond acceptors (Lipinski definition) is 4. The van der Waals surface area contributed by atoms with E-state index in [-0.39, 0.29) is 12.1 Å². The van der Waals surface area contributed by atoms with Crippen molar-refractivity contribution in [3.05, 3.63) is 35.5 Å². The first kappa shape index (κ1) is 15.6. The van der Waals surface area contributed by atoms with Crippen LogP contribution in [-0.2, 0) is 13.6 Å². The number of aromatic nitrogens is 3. The Hall–Kier alpha value is -2.31. The zero-order valence-electron chi connectivity index (χ0n) is 13.8. The highest BCUT2D eigenvalue weighted by atomic mass is 16.5. The van der Waals surface area contributed by atoms with Crippen LogP contribution in [0, 0.1) is 0 Å². The summed E-state index contributed by atoms with van der Waals surface area (Å²) >= 11 is 0. The number of urea groups is 1. The van der Waals surface area contributed by atoms with Crippen molar-refractivity contribution >= 4 is 6.03 Å². The molecule has 1 N–H and O–H groups in total. The number of nitrogens with one attached hydrogen (secondary N) is 1. The van der Waals surface area contributed by atoms with Gasteiger partial charge in [-0.15, -0.1) is 0 Å². The fourth-order valence-electron chi connectivity index (χ4n) is 2.65. The van der Waals surface area contributed by atoms with Crippen LogP contribution in [-0.4, -0.2) is 32.9 Å². The molecule has 0 aromatic carbocycles. The van der Waals surface area contributed by atoms with Crippen molar-refractivity contribution < 1.29 is 9.32 Å². The van der Waals surface area contributed by atoms with Crippen molar-refractivity contribution in [1.82, 2.24) is 25.2 Å². The maximum Gasteiger partial charge on any atom is 0.318 e. The van der Waals surface area contributed by atoms with Crippen molar-refractivity contribution in [2.75, 3.05) is 7.05 Å². The molecule has 2 aromatic rings. The van der Waals surface area contributed by atoms with Crippen LogP contribution in [0.3, 0.4) is 0 Å². The molecular weight excluding hydrogens is 294 g/mol. The molecule has 7 heteroatoms. The molecule has 0 bridgehead atoms. The first-order valence-electron chi connectivity index (χ1n) is 8.03. The van der Waals surface area contributed by atoms with Gasteiger partial charge in [-0.2, -0.15) is 5.10 Å². The van der Waals surface area contributed by atoms with Gasteiger partial charge in [0.2, 0.25) is 0 Å². The van der Waals surface area contributed by atoms with Crippen LogP contribution < -0.4 is 5.32 Å². The Labute approximate surface area is 135 Å². The summed E-state index contributed by atoms with van der Waals surface area (Å²) in [4.78, 5) is 14.0. The van der Waals surface area contributed by atoms with Gasteiger partial charge in [0.05, 0.1) is 18.3 Å². The topological polar surface area (TPSA) is 76.2 Å². The minimum atomic E-state index is -0.131. The van der Waals surface area contributed by atoms with E-state index in [2.05, 4.69) is 15.6 Å². The van der Waals surface area contributed by atoms with Crippen molar-refractivity contribution in [1.29, 1.82) is 0 Å². The van der Waals surface area contributed by atoms with Gasteiger partial charge in [-0.25, -0.2) is 4.79 Å². The summed E-state index contributed by atoms with van der Waals surface area (Å²) in [7, 11) is 3.64. The molecule has 0 aliphatic heterocycles. The van der Waals surface area contributed by atoms with Gasteiger partial charge in [-0.05, 0) is 25.3 Å². The summed E-state index contributed by atoms with van der Waals surface area (Å²) in [5.74, 6) is 1.47. The molecule has 1 aliphatic rings. The molecule has 2 heterocycles. The van der Waals surface area contributed by atoms with E-state index in [9.17, 15) is 4.79 Å². The standard InChI is InChI=1S/C16H23N5O2/c1-4-13(14-7-8-17-21(14)3)18-16(22)20(2)10-12-9-15(23-19-12)11-5-6-11/h7-9,11,13H,4-6,10H2,1-3H3,(H,18,22). The zero-order valence-corrected chi connectivity index (χ0v) is 13.8. The Morgan fingerprint density at radius 1 is 1.57 bits per heavy atom. The van der Waals surface area contributed by atoms with Crippen LogP contribution in [0.2, 0.25) is 0 Å². The van der Waals surface area contributed by atoms with Gasteiger partial charge in [0, 0.05) is 32.3 Å². The Morgan fingerprint density at radius 2 is 2.35 bits per heavy atom. The second kappa shape index (κ2) is 6.44. The summed E-state index contributed by atoms with van der Waals surface area (Å²) in [6.07, 6.45) is 4.89. The zero-order chi connectivity index (χ0) is 16.4. The van der Waals surface area contributed by atoms with Gasteiger partial charge in [0.25, 0.3) is 0 Å². The van der Waals surface area contributed by atoms with Crippen LogP contribution in [0.4, 0.5) is 4.79 Å². The van der Waals surface area contributed by atoms with Crippen LogP contribution in [0.5, 0.6) is 0 Å². The van der Waals surface area contributed by atoms with Crippen molar-refractivity contribution in [2.45, 2.75) is 44.7 Å². The molecule has 0 radical (unpaired) electrons. The monoisotopic (exact) mass is 317 g/mol. The highest BCUT2D eigenvalue weighted by molar-refractivity contribution is 5.74. The average molecular weight is 317 g/mol. The van der Waals surface area contributed by atoms with E-state index in [0.717, 1.165) is 23.6 Å². The van der Waals surface area contributed by atoms with Crippen LogP contribution in [0.1, 0.15) is 55.3 Å². The Bertz CT molecular complexity index is 674. The largest absolute Gasteiger partial charge is 0.361 e. The van der Waals surface area contributed by atoms with Gasteiger partial charge in [0.15, 0.2) is 0 Å². The van der Waals surface area contributed by atoms with Crippen LogP contribution >= 0.6 is 0 Å². The van der Waals surface area contributed by atoms with E-state index in [1.807, 2.05) is 26.1 Å². The lowest BCUT2D eigenvalue weighted by molar-refractivity contribution is 0.200. The molecule has 7 nitrogen and oxygen atoms in total. The molecular formula is C16H23N5O2. The molecule has 1 unspecified atom stereocenters. The van der Waals surface area contributed by atoms with Crippen LogP contribution in [0.15, 0.2) is 22.9 Å². The third-order valence-corrected chi connectivity index (χ3v) is 4.22. The average Bonchev–Trinajstić information content (AvgIpc) is 3.14. The van der Waals surface area contributed by atoms with Gasteiger partial charge in [-0.3, -0.25) is 4.68 Å². The summed E-state index contributed by atoms with van der Waals surface area (Å²) < 4.78 is 7.11. The molecule has 1 fully saturated rings. The number of hydrogen-bond donors (Lipinski definition) is 1. The Morgan fingerprint density at radius 3 is 2.96 bits per heavy atom. The Kier molecular flexibility index (Phi) is 4.36. The van der Waals surface area contributed by atoms with Gasteiger partial charge in [0.1, 0.15) is 11.5 Å².